The van der Waals surface area contributed by atoms with Crippen molar-refractivity contribution in [2.24, 2.45) is 0 Å². The molecule has 0 radical (unpaired) electrons. The third-order valence-corrected chi connectivity index (χ3v) is 3.93. The molecule has 4 heteroatoms. The molecule has 0 N–H and O–H groups in total. The molecule has 0 aliphatic carbocycles. The Bertz CT molecular complexity index is 538. The zero-order chi connectivity index (χ0) is 13.1. The lowest BCUT2D eigenvalue weighted by molar-refractivity contribution is 0.413. The minimum atomic E-state index is -0.292. The van der Waals surface area contributed by atoms with Gasteiger partial charge in [0, 0.05) is 5.38 Å². The van der Waals surface area contributed by atoms with E-state index in [1.165, 1.54) is 17.4 Å². The van der Waals surface area contributed by atoms with E-state index in [9.17, 15) is 4.39 Å². The van der Waals surface area contributed by atoms with E-state index in [-0.39, 0.29) is 5.82 Å². The SMILES string of the molecule is CCC(C)c1csc(-c2c(F)cccc2OC)n1. The largest absolute Gasteiger partial charge is 0.496 e. The van der Waals surface area contributed by atoms with Crippen molar-refractivity contribution in [2.75, 3.05) is 7.11 Å². The van der Waals surface area contributed by atoms with Crippen LogP contribution in [0.1, 0.15) is 31.9 Å². The van der Waals surface area contributed by atoms with Crippen LogP contribution >= 0.6 is 11.3 Å². The lowest BCUT2D eigenvalue weighted by atomic mass is 10.1. The standard InChI is InChI=1S/C14H16FNOS/c1-4-9(2)11-8-18-14(16-11)13-10(15)6-5-7-12(13)17-3/h5-9H,4H2,1-3H3. The average molecular weight is 265 g/mol. The normalized spacial score (nSPS) is 12.4. The Morgan fingerprint density at radius 2 is 2.22 bits per heavy atom. The third-order valence-electron chi connectivity index (χ3n) is 3.05. The van der Waals surface area contributed by atoms with Crippen molar-refractivity contribution in [1.82, 2.24) is 4.98 Å². The van der Waals surface area contributed by atoms with Crippen LogP contribution < -0.4 is 4.74 Å². The molecule has 96 valence electrons. The molecule has 18 heavy (non-hydrogen) atoms. The topological polar surface area (TPSA) is 22.1 Å². The Kier molecular flexibility index (Phi) is 3.97. The van der Waals surface area contributed by atoms with Crippen LogP contribution in [0.4, 0.5) is 4.39 Å². The molecule has 1 atom stereocenters. The van der Waals surface area contributed by atoms with E-state index in [1.54, 1.807) is 19.2 Å². The smallest absolute Gasteiger partial charge is 0.137 e. The van der Waals surface area contributed by atoms with Gasteiger partial charge in [-0.2, -0.15) is 0 Å². The average Bonchev–Trinajstić information content (AvgIpc) is 2.86. The molecule has 0 saturated carbocycles. The Morgan fingerprint density at radius 3 is 2.89 bits per heavy atom. The van der Waals surface area contributed by atoms with Crippen molar-refractivity contribution in [3.05, 3.63) is 35.1 Å². The predicted octanol–water partition coefficient (Wildman–Crippen LogP) is 4.47. The van der Waals surface area contributed by atoms with Crippen molar-refractivity contribution >= 4 is 11.3 Å². The molecule has 1 aromatic carbocycles. The van der Waals surface area contributed by atoms with Gasteiger partial charge >= 0.3 is 0 Å². The molecule has 0 bridgehead atoms. The van der Waals surface area contributed by atoms with E-state index < -0.39 is 0 Å². The summed E-state index contributed by atoms with van der Waals surface area (Å²) in [6.07, 6.45) is 1.03. The van der Waals surface area contributed by atoms with Gasteiger partial charge in [-0.05, 0) is 24.5 Å². The third kappa shape index (κ3) is 2.38. The van der Waals surface area contributed by atoms with Crippen LogP contribution in [0.25, 0.3) is 10.6 Å². The number of thiazole rings is 1. The van der Waals surface area contributed by atoms with Gasteiger partial charge in [0.1, 0.15) is 16.6 Å². The summed E-state index contributed by atoms with van der Waals surface area (Å²) in [7, 11) is 1.54. The number of hydrogen-bond acceptors (Lipinski definition) is 3. The van der Waals surface area contributed by atoms with Crippen molar-refractivity contribution in [1.29, 1.82) is 0 Å². The van der Waals surface area contributed by atoms with E-state index >= 15 is 0 Å². The number of benzene rings is 1. The highest BCUT2D eigenvalue weighted by Gasteiger charge is 2.16. The molecule has 0 spiro atoms. The number of halogens is 1. The molecule has 1 heterocycles. The first kappa shape index (κ1) is 13.0. The molecule has 0 aliphatic rings. The minimum absolute atomic E-state index is 0.292. The molecule has 1 unspecified atom stereocenters. The van der Waals surface area contributed by atoms with E-state index in [0.29, 0.717) is 22.2 Å². The molecule has 0 aliphatic heterocycles. The first-order valence-corrected chi connectivity index (χ1v) is 6.83. The minimum Gasteiger partial charge on any atom is -0.496 e. The first-order chi connectivity index (χ1) is 8.67. The fourth-order valence-corrected chi connectivity index (χ4v) is 2.71. The van der Waals surface area contributed by atoms with E-state index in [0.717, 1.165) is 12.1 Å². The van der Waals surface area contributed by atoms with Crippen LogP contribution in [0.15, 0.2) is 23.6 Å². The quantitative estimate of drug-likeness (QED) is 0.813. The highest BCUT2D eigenvalue weighted by Crippen LogP contribution is 2.35. The summed E-state index contributed by atoms with van der Waals surface area (Å²) in [5.41, 5.74) is 1.47. The molecule has 2 nitrogen and oxygen atoms in total. The molecular formula is C14H16FNOS. The number of methoxy groups -OCH3 is 1. The molecule has 0 saturated heterocycles. The van der Waals surface area contributed by atoms with Crippen LogP contribution in [0.5, 0.6) is 5.75 Å². The lowest BCUT2D eigenvalue weighted by Crippen LogP contribution is -1.94. The van der Waals surface area contributed by atoms with Gasteiger partial charge in [0.05, 0.1) is 18.4 Å². The summed E-state index contributed by atoms with van der Waals surface area (Å²) in [5, 5.41) is 2.68. The van der Waals surface area contributed by atoms with Gasteiger partial charge in [-0.3, -0.25) is 0 Å². The van der Waals surface area contributed by atoms with Gasteiger partial charge in [0.15, 0.2) is 0 Å². The van der Waals surface area contributed by atoms with Crippen molar-refractivity contribution in [2.45, 2.75) is 26.2 Å². The van der Waals surface area contributed by atoms with E-state index in [2.05, 4.69) is 18.8 Å². The highest BCUT2D eigenvalue weighted by atomic mass is 32.1. The zero-order valence-corrected chi connectivity index (χ0v) is 11.6. The molecule has 2 rings (SSSR count). The number of aromatic nitrogens is 1. The van der Waals surface area contributed by atoms with Crippen LogP contribution in [0.3, 0.4) is 0 Å². The molecule has 0 fully saturated rings. The summed E-state index contributed by atoms with van der Waals surface area (Å²) >= 11 is 1.46. The van der Waals surface area contributed by atoms with Crippen molar-refractivity contribution in [3.63, 3.8) is 0 Å². The summed E-state index contributed by atoms with van der Waals surface area (Å²) in [6.45, 7) is 4.24. The summed E-state index contributed by atoms with van der Waals surface area (Å²) < 4.78 is 19.1. The van der Waals surface area contributed by atoms with Crippen LogP contribution in [0.2, 0.25) is 0 Å². The fraction of sp³-hybridized carbons (Fsp3) is 0.357. The summed E-state index contributed by atoms with van der Waals surface area (Å²) in [4.78, 5) is 4.52. The summed E-state index contributed by atoms with van der Waals surface area (Å²) in [6, 6.07) is 4.83. The van der Waals surface area contributed by atoms with Gasteiger partial charge in [0.2, 0.25) is 0 Å². The first-order valence-electron chi connectivity index (χ1n) is 5.95. The maximum absolute atomic E-state index is 13.9. The predicted molar refractivity (Wildman–Crippen MR) is 72.8 cm³/mol. The van der Waals surface area contributed by atoms with Crippen molar-refractivity contribution < 1.29 is 9.13 Å². The molecular weight excluding hydrogens is 249 g/mol. The van der Waals surface area contributed by atoms with Gasteiger partial charge in [-0.1, -0.05) is 19.9 Å². The second-order valence-electron chi connectivity index (χ2n) is 4.20. The number of rotatable bonds is 4. The Morgan fingerprint density at radius 1 is 1.44 bits per heavy atom. The number of nitrogens with zero attached hydrogens (tertiary/aromatic N) is 1. The second-order valence-corrected chi connectivity index (χ2v) is 5.06. The number of ether oxygens (including phenoxy) is 1. The zero-order valence-electron chi connectivity index (χ0n) is 10.7. The van der Waals surface area contributed by atoms with Crippen LogP contribution in [-0.4, -0.2) is 12.1 Å². The van der Waals surface area contributed by atoms with Crippen LogP contribution in [0, 0.1) is 5.82 Å². The summed E-state index contributed by atoms with van der Waals surface area (Å²) in [5.74, 6) is 0.632. The van der Waals surface area contributed by atoms with Gasteiger partial charge < -0.3 is 4.74 Å². The molecule has 2 aromatic rings. The van der Waals surface area contributed by atoms with Crippen LogP contribution in [-0.2, 0) is 0 Å². The maximum Gasteiger partial charge on any atom is 0.137 e. The highest BCUT2D eigenvalue weighted by molar-refractivity contribution is 7.13. The lowest BCUT2D eigenvalue weighted by Gasteiger charge is -2.07. The Hall–Kier alpha value is -1.42. The maximum atomic E-state index is 13.9. The van der Waals surface area contributed by atoms with E-state index in [1.807, 2.05) is 5.38 Å². The van der Waals surface area contributed by atoms with Gasteiger partial charge in [-0.25, -0.2) is 9.37 Å². The van der Waals surface area contributed by atoms with Gasteiger partial charge in [-0.15, -0.1) is 11.3 Å². The van der Waals surface area contributed by atoms with E-state index in [4.69, 9.17) is 4.74 Å². The Labute approximate surface area is 110 Å². The molecule has 0 amide bonds. The second kappa shape index (κ2) is 5.48. The van der Waals surface area contributed by atoms with Gasteiger partial charge in [0.25, 0.3) is 0 Å². The Balaban J connectivity index is 2.46. The number of hydrogen-bond donors (Lipinski definition) is 0. The fourth-order valence-electron chi connectivity index (χ4n) is 1.72. The monoisotopic (exact) mass is 265 g/mol. The van der Waals surface area contributed by atoms with Crippen molar-refractivity contribution in [3.8, 4) is 16.3 Å². The molecule has 1 aromatic heterocycles.